The Morgan fingerprint density at radius 2 is 1.90 bits per heavy atom. The molecule has 2 aromatic carbocycles. The quantitative estimate of drug-likeness (QED) is 0.853. The first-order valence-electron chi connectivity index (χ1n) is 7.00. The number of anilines is 1. The number of hydrogen-bond donors (Lipinski definition) is 0. The monoisotopic (exact) mass is 278 g/mol. The van der Waals surface area contributed by atoms with Gasteiger partial charge < -0.3 is 4.90 Å². The molecular weight excluding hydrogens is 260 g/mol. The van der Waals surface area contributed by atoms with Crippen molar-refractivity contribution >= 4 is 11.6 Å². The van der Waals surface area contributed by atoms with E-state index in [1.165, 1.54) is 5.56 Å². The SMILES string of the molecule is CCC(=O)N(Cc1ccc(C)cc1)c1cccc(C#N)c1. The molecule has 0 aliphatic rings. The minimum atomic E-state index is 0.0469. The van der Waals surface area contributed by atoms with Crippen molar-refractivity contribution in [2.24, 2.45) is 0 Å². The fourth-order valence-electron chi connectivity index (χ4n) is 2.13. The van der Waals surface area contributed by atoms with Gasteiger partial charge in [-0.1, -0.05) is 42.8 Å². The number of amides is 1. The summed E-state index contributed by atoms with van der Waals surface area (Å²) in [5, 5.41) is 9.01. The average Bonchev–Trinajstić information content (AvgIpc) is 2.53. The van der Waals surface area contributed by atoms with Crippen LogP contribution in [0, 0.1) is 18.3 Å². The zero-order valence-electron chi connectivity index (χ0n) is 12.3. The third-order valence-corrected chi connectivity index (χ3v) is 3.35. The molecule has 0 radical (unpaired) electrons. The maximum absolute atomic E-state index is 12.2. The van der Waals surface area contributed by atoms with Crippen LogP contribution in [0.25, 0.3) is 0 Å². The lowest BCUT2D eigenvalue weighted by atomic mass is 10.1. The van der Waals surface area contributed by atoms with Crippen molar-refractivity contribution in [1.29, 1.82) is 5.26 Å². The molecule has 3 nitrogen and oxygen atoms in total. The molecule has 0 aliphatic heterocycles. The van der Waals surface area contributed by atoms with Crippen LogP contribution in [0.1, 0.15) is 30.0 Å². The van der Waals surface area contributed by atoms with Crippen molar-refractivity contribution < 1.29 is 4.79 Å². The van der Waals surface area contributed by atoms with Crippen LogP contribution in [0.5, 0.6) is 0 Å². The standard InChI is InChI=1S/C18H18N2O/c1-3-18(21)20(13-15-9-7-14(2)8-10-15)17-6-4-5-16(11-17)12-19/h4-11H,3,13H2,1-2H3. The highest BCUT2D eigenvalue weighted by atomic mass is 16.2. The van der Waals surface area contributed by atoms with Gasteiger partial charge in [-0.05, 0) is 30.7 Å². The topological polar surface area (TPSA) is 44.1 Å². The van der Waals surface area contributed by atoms with Crippen LogP contribution in [-0.2, 0) is 11.3 Å². The summed E-state index contributed by atoms with van der Waals surface area (Å²) in [7, 11) is 0. The molecule has 0 bridgehead atoms. The van der Waals surface area contributed by atoms with E-state index in [9.17, 15) is 4.79 Å². The van der Waals surface area contributed by atoms with E-state index in [1.54, 1.807) is 23.1 Å². The second-order valence-corrected chi connectivity index (χ2v) is 4.98. The first kappa shape index (κ1) is 14.8. The van der Waals surface area contributed by atoms with E-state index in [0.717, 1.165) is 11.3 Å². The van der Waals surface area contributed by atoms with E-state index in [2.05, 4.69) is 6.07 Å². The number of hydrogen-bond acceptors (Lipinski definition) is 2. The van der Waals surface area contributed by atoms with Gasteiger partial charge in [-0.3, -0.25) is 4.79 Å². The Hall–Kier alpha value is -2.60. The predicted octanol–water partition coefficient (Wildman–Crippen LogP) is 3.81. The number of carbonyl (C=O) groups is 1. The van der Waals surface area contributed by atoms with E-state index >= 15 is 0 Å². The minimum absolute atomic E-state index is 0.0469. The summed E-state index contributed by atoms with van der Waals surface area (Å²) >= 11 is 0. The molecule has 2 rings (SSSR count). The fraction of sp³-hybridized carbons (Fsp3) is 0.222. The number of benzene rings is 2. The largest absolute Gasteiger partial charge is 0.308 e. The van der Waals surface area contributed by atoms with Crippen LogP contribution >= 0.6 is 0 Å². The molecule has 0 spiro atoms. The molecule has 21 heavy (non-hydrogen) atoms. The van der Waals surface area contributed by atoms with E-state index in [4.69, 9.17) is 5.26 Å². The molecular formula is C18H18N2O. The van der Waals surface area contributed by atoms with E-state index in [0.29, 0.717) is 18.5 Å². The van der Waals surface area contributed by atoms with Crippen LogP contribution in [0.2, 0.25) is 0 Å². The molecule has 0 saturated carbocycles. The molecule has 1 amide bonds. The van der Waals surface area contributed by atoms with E-state index in [1.807, 2.05) is 44.2 Å². The molecule has 0 heterocycles. The number of nitriles is 1. The Labute approximate surface area is 125 Å². The van der Waals surface area contributed by atoms with Crippen molar-refractivity contribution in [2.45, 2.75) is 26.8 Å². The number of carbonyl (C=O) groups excluding carboxylic acids is 1. The van der Waals surface area contributed by atoms with Gasteiger partial charge in [0.25, 0.3) is 0 Å². The summed E-state index contributed by atoms with van der Waals surface area (Å²) in [6.45, 7) is 4.40. The summed E-state index contributed by atoms with van der Waals surface area (Å²) in [4.78, 5) is 14.0. The van der Waals surface area contributed by atoms with Gasteiger partial charge in [0.05, 0.1) is 18.2 Å². The van der Waals surface area contributed by atoms with E-state index in [-0.39, 0.29) is 5.91 Å². The van der Waals surface area contributed by atoms with Crippen LogP contribution in [0.15, 0.2) is 48.5 Å². The van der Waals surface area contributed by atoms with Crippen LogP contribution in [-0.4, -0.2) is 5.91 Å². The summed E-state index contributed by atoms with van der Waals surface area (Å²) < 4.78 is 0. The second-order valence-electron chi connectivity index (χ2n) is 4.98. The molecule has 0 fully saturated rings. The normalized spacial score (nSPS) is 9.95. The van der Waals surface area contributed by atoms with Gasteiger partial charge in [-0.15, -0.1) is 0 Å². The Bertz CT molecular complexity index is 668. The van der Waals surface area contributed by atoms with Gasteiger partial charge in [0.2, 0.25) is 5.91 Å². The average molecular weight is 278 g/mol. The van der Waals surface area contributed by atoms with Gasteiger partial charge in [0.15, 0.2) is 0 Å². The first-order chi connectivity index (χ1) is 10.1. The maximum Gasteiger partial charge on any atom is 0.227 e. The molecule has 3 heteroatoms. The molecule has 2 aromatic rings. The zero-order chi connectivity index (χ0) is 15.2. The van der Waals surface area contributed by atoms with Crippen molar-refractivity contribution in [1.82, 2.24) is 0 Å². The number of aryl methyl sites for hydroxylation is 1. The molecule has 0 atom stereocenters. The minimum Gasteiger partial charge on any atom is -0.308 e. The molecule has 0 unspecified atom stereocenters. The lowest BCUT2D eigenvalue weighted by Gasteiger charge is -2.23. The van der Waals surface area contributed by atoms with E-state index < -0.39 is 0 Å². The Morgan fingerprint density at radius 1 is 1.19 bits per heavy atom. The van der Waals surface area contributed by atoms with Gasteiger partial charge in [-0.2, -0.15) is 5.26 Å². The van der Waals surface area contributed by atoms with Gasteiger partial charge in [0.1, 0.15) is 0 Å². The van der Waals surface area contributed by atoms with Crippen molar-refractivity contribution in [3.63, 3.8) is 0 Å². The highest BCUT2D eigenvalue weighted by molar-refractivity contribution is 5.93. The van der Waals surface area contributed by atoms with Crippen LogP contribution in [0.4, 0.5) is 5.69 Å². The Balaban J connectivity index is 2.32. The highest BCUT2D eigenvalue weighted by Crippen LogP contribution is 2.20. The molecule has 0 N–H and O–H groups in total. The first-order valence-corrected chi connectivity index (χ1v) is 7.00. The third-order valence-electron chi connectivity index (χ3n) is 3.35. The number of rotatable bonds is 4. The highest BCUT2D eigenvalue weighted by Gasteiger charge is 2.14. The maximum atomic E-state index is 12.2. The van der Waals surface area contributed by atoms with Crippen molar-refractivity contribution in [2.75, 3.05) is 4.90 Å². The molecule has 0 aliphatic carbocycles. The smallest absolute Gasteiger partial charge is 0.227 e. The fourth-order valence-corrected chi connectivity index (χ4v) is 2.13. The lowest BCUT2D eigenvalue weighted by Crippen LogP contribution is -2.29. The van der Waals surface area contributed by atoms with Gasteiger partial charge >= 0.3 is 0 Å². The van der Waals surface area contributed by atoms with Crippen molar-refractivity contribution in [3.05, 3.63) is 65.2 Å². The molecule has 0 saturated heterocycles. The summed E-state index contributed by atoms with van der Waals surface area (Å²) in [5.74, 6) is 0.0469. The number of nitrogens with zero attached hydrogens (tertiary/aromatic N) is 2. The van der Waals surface area contributed by atoms with Crippen LogP contribution < -0.4 is 4.90 Å². The zero-order valence-corrected chi connectivity index (χ0v) is 12.3. The predicted molar refractivity (Wildman–Crippen MR) is 83.8 cm³/mol. The Kier molecular flexibility index (Phi) is 4.73. The summed E-state index contributed by atoms with van der Waals surface area (Å²) in [6, 6.07) is 17.4. The second kappa shape index (κ2) is 6.71. The van der Waals surface area contributed by atoms with Crippen LogP contribution in [0.3, 0.4) is 0 Å². The molecule has 106 valence electrons. The van der Waals surface area contributed by atoms with Crippen molar-refractivity contribution in [3.8, 4) is 6.07 Å². The lowest BCUT2D eigenvalue weighted by molar-refractivity contribution is -0.118. The van der Waals surface area contributed by atoms with Gasteiger partial charge in [0, 0.05) is 12.1 Å². The summed E-state index contributed by atoms with van der Waals surface area (Å²) in [5.41, 5.74) is 3.59. The Morgan fingerprint density at radius 3 is 2.52 bits per heavy atom. The third kappa shape index (κ3) is 3.70. The van der Waals surface area contributed by atoms with Gasteiger partial charge in [-0.25, -0.2) is 0 Å². The summed E-state index contributed by atoms with van der Waals surface area (Å²) in [6.07, 6.45) is 0.433. The molecule has 0 aromatic heterocycles.